The average molecular weight is 481 g/mol. The summed E-state index contributed by atoms with van der Waals surface area (Å²) in [5.74, 6) is 0.0332. The molecule has 0 radical (unpaired) electrons. The lowest BCUT2D eigenvalue weighted by molar-refractivity contribution is -0.134. The van der Waals surface area contributed by atoms with Gasteiger partial charge >= 0.3 is 5.97 Å². The van der Waals surface area contributed by atoms with Gasteiger partial charge in [0.15, 0.2) is 0 Å². The average Bonchev–Trinajstić information content (AvgIpc) is 3.51. The number of hydrogen-bond donors (Lipinski definition) is 2. The maximum atomic E-state index is 11.5. The van der Waals surface area contributed by atoms with Crippen molar-refractivity contribution in [2.24, 2.45) is 0 Å². The SMILES string of the molecule is COC(=O)C=Cc1ccc2c(c1)CCC2N(CCc1c[nH]c2ccccc12)Cc1cccc(C)c1O. The monoisotopic (exact) mass is 480 g/mol. The molecule has 3 aromatic carbocycles. The van der Waals surface area contributed by atoms with Gasteiger partial charge in [0, 0.05) is 47.9 Å². The van der Waals surface area contributed by atoms with Crippen LogP contribution in [0.4, 0.5) is 0 Å². The van der Waals surface area contributed by atoms with E-state index in [9.17, 15) is 9.90 Å². The van der Waals surface area contributed by atoms with Gasteiger partial charge in [-0.05, 0) is 66.1 Å². The van der Waals surface area contributed by atoms with E-state index in [1.54, 1.807) is 6.08 Å². The number of fused-ring (bicyclic) bond motifs is 2. The normalized spacial score (nSPS) is 15.1. The Morgan fingerprint density at radius 2 is 2.00 bits per heavy atom. The lowest BCUT2D eigenvalue weighted by atomic mass is 10.0. The van der Waals surface area contributed by atoms with E-state index in [0.717, 1.165) is 48.0 Å². The number of aromatic nitrogens is 1. The third-order valence-corrected chi connectivity index (χ3v) is 7.30. The van der Waals surface area contributed by atoms with Crippen LogP contribution in [0.3, 0.4) is 0 Å². The zero-order valence-corrected chi connectivity index (χ0v) is 20.8. The van der Waals surface area contributed by atoms with Crippen molar-refractivity contribution >= 4 is 22.9 Å². The molecule has 5 heteroatoms. The summed E-state index contributed by atoms with van der Waals surface area (Å²) in [6.07, 6.45) is 8.32. The second-order valence-electron chi connectivity index (χ2n) is 9.53. The number of H-pyrrole nitrogens is 1. The molecule has 5 nitrogen and oxygen atoms in total. The van der Waals surface area contributed by atoms with Gasteiger partial charge in [-0.2, -0.15) is 0 Å². The van der Waals surface area contributed by atoms with Crippen LogP contribution in [-0.4, -0.2) is 34.6 Å². The zero-order chi connectivity index (χ0) is 25.1. The van der Waals surface area contributed by atoms with Gasteiger partial charge in [-0.3, -0.25) is 4.90 Å². The summed E-state index contributed by atoms with van der Waals surface area (Å²) < 4.78 is 4.72. The molecular formula is C31H32N2O3. The first kappa shape index (κ1) is 23.9. The molecule has 0 fully saturated rings. The molecule has 2 N–H and O–H groups in total. The predicted molar refractivity (Wildman–Crippen MR) is 144 cm³/mol. The lowest BCUT2D eigenvalue weighted by Crippen LogP contribution is -2.29. The number of benzene rings is 3. The lowest BCUT2D eigenvalue weighted by Gasteiger charge is -2.30. The Morgan fingerprint density at radius 3 is 2.86 bits per heavy atom. The summed E-state index contributed by atoms with van der Waals surface area (Å²) in [7, 11) is 1.39. The number of phenols is 1. The minimum atomic E-state index is -0.352. The highest BCUT2D eigenvalue weighted by Gasteiger charge is 2.29. The predicted octanol–water partition coefficient (Wildman–Crippen LogP) is 6.10. The third-order valence-electron chi connectivity index (χ3n) is 7.30. The van der Waals surface area contributed by atoms with Gasteiger partial charge in [0.1, 0.15) is 5.75 Å². The number of ether oxygens (including phenoxy) is 1. The van der Waals surface area contributed by atoms with Gasteiger partial charge in [0.25, 0.3) is 0 Å². The molecule has 1 atom stereocenters. The standard InChI is InChI=1S/C31H32N2O3/c1-21-6-5-7-25(31(21)35)20-33(17-16-24-19-32-28-9-4-3-8-26(24)28)29-14-12-23-18-22(10-13-27(23)29)11-15-30(34)36-2/h3-11,13,15,18-19,29,32,35H,12,14,16-17,20H2,1-2H3. The number of para-hydroxylation sites is 2. The van der Waals surface area contributed by atoms with Gasteiger partial charge in [-0.15, -0.1) is 0 Å². The van der Waals surface area contributed by atoms with E-state index in [2.05, 4.69) is 58.5 Å². The number of rotatable bonds is 8. The summed E-state index contributed by atoms with van der Waals surface area (Å²) in [4.78, 5) is 17.4. The van der Waals surface area contributed by atoms with E-state index in [4.69, 9.17) is 4.74 Å². The molecule has 1 aliphatic rings. The molecule has 0 saturated carbocycles. The van der Waals surface area contributed by atoms with Crippen molar-refractivity contribution in [3.8, 4) is 5.75 Å². The highest BCUT2D eigenvalue weighted by molar-refractivity contribution is 5.87. The molecule has 1 heterocycles. The van der Waals surface area contributed by atoms with Crippen molar-refractivity contribution in [1.29, 1.82) is 0 Å². The Kier molecular flexibility index (Phi) is 6.92. The number of methoxy groups -OCH3 is 1. The maximum Gasteiger partial charge on any atom is 0.330 e. The van der Waals surface area contributed by atoms with Crippen LogP contribution in [-0.2, 0) is 28.9 Å². The Labute approximate surface area is 212 Å². The van der Waals surface area contributed by atoms with Gasteiger partial charge in [0.2, 0.25) is 0 Å². The number of aromatic hydroxyl groups is 1. The van der Waals surface area contributed by atoms with E-state index < -0.39 is 0 Å². The van der Waals surface area contributed by atoms with Crippen LogP contribution in [0.1, 0.15) is 45.8 Å². The molecule has 36 heavy (non-hydrogen) atoms. The van der Waals surface area contributed by atoms with Gasteiger partial charge in [-0.25, -0.2) is 4.79 Å². The fourth-order valence-electron chi connectivity index (χ4n) is 5.34. The van der Waals surface area contributed by atoms with E-state index in [1.807, 2.05) is 25.1 Å². The summed E-state index contributed by atoms with van der Waals surface area (Å²) in [5, 5.41) is 12.0. The molecule has 184 valence electrons. The van der Waals surface area contributed by atoms with Crippen molar-refractivity contribution in [1.82, 2.24) is 9.88 Å². The molecule has 0 saturated heterocycles. The van der Waals surface area contributed by atoms with Crippen LogP contribution in [0.2, 0.25) is 0 Å². The van der Waals surface area contributed by atoms with Gasteiger partial charge in [-0.1, -0.05) is 54.6 Å². The van der Waals surface area contributed by atoms with Crippen molar-refractivity contribution < 1.29 is 14.6 Å². The van der Waals surface area contributed by atoms with E-state index in [1.165, 1.54) is 35.3 Å². The van der Waals surface area contributed by atoms with E-state index in [0.29, 0.717) is 12.3 Å². The fourth-order valence-corrected chi connectivity index (χ4v) is 5.34. The Balaban J connectivity index is 1.42. The highest BCUT2D eigenvalue weighted by Crippen LogP contribution is 2.38. The highest BCUT2D eigenvalue weighted by atomic mass is 16.5. The second kappa shape index (κ2) is 10.4. The molecule has 1 aliphatic carbocycles. The molecule has 0 spiro atoms. The summed E-state index contributed by atoms with van der Waals surface area (Å²) in [5.41, 5.74) is 7.98. The Hall–Kier alpha value is -3.83. The number of carbonyl (C=O) groups is 1. The van der Waals surface area contributed by atoms with Crippen LogP contribution in [0.25, 0.3) is 17.0 Å². The van der Waals surface area contributed by atoms with Crippen molar-refractivity contribution in [2.45, 2.75) is 38.8 Å². The summed E-state index contributed by atoms with van der Waals surface area (Å²) in [6.45, 7) is 3.51. The number of carbonyl (C=O) groups excluding carboxylic acids is 1. The number of aryl methyl sites for hydroxylation is 2. The first-order chi connectivity index (χ1) is 17.5. The van der Waals surface area contributed by atoms with Gasteiger partial charge < -0.3 is 14.8 Å². The van der Waals surface area contributed by atoms with E-state index in [-0.39, 0.29) is 12.0 Å². The van der Waals surface area contributed by atoms with Crippen LogP contribution >= 0.6 is 0 Å². The maximum absolute atomic E-state index is 11.5. The summed E-state index contributed by atoms with van der Waals surface area (Å²) in [6, 6.07) is 21.1. The molecule has 5 rings (SSSR count). The smallest absolute Gasteiger partial charge is 0.330 e. The van der Waals surface area contributed by atoms with Crippen molar-refractivity contribution in [3.63, 3.8) is 0 Å². The Morgan fingerprint density at radius 1 is 1.14 bits per heavy atom. The number of hydrogen-bond acceptors (Lipinski definition) is 4. The van der Waals surface area contributed by atoms with Crippen LogP contribution in [0, 0.1) is 6.92 Å². The molecular weight excluding hydrogens is 448 g/mol. The molecule has 0 amide bonds. The fraction of sp³-hybridized carbons (Fsp3) is 0.258. The number of phenolic OH excluding ortho intramolecular Hbond substituents is 1. The first-order valence-electron chi connectivity index (χ1n) is 12.5. The number of esters is 1. The number of aromatic amines is 1. The van der Waals surface area contributed by atoms with E-state index >= 15 is 0 Å². The molecule has 0 aliphatic heterocycles. The number of nitrogens with one attached hydrogen (secondary N) is 1. The molecule has 4 aromatic rings. The minimum Gasteiger partial charge on any atom is -0.507 e. The van der Waals surface area contributed by atoms with Crippen molar-refractivity contribution in [3.05, 3.63) is 106 Å². The number of nitrogens with zero attached hydrogens (tertiary/aromatic N) is 1. The minimum absolute atomic E-state index is 0.267. The zero-order valence-electron chi connectivity index (χ0n) is 20.8. The molecule has 1 aromatic heterocycles. The molecule has 1 unspecified atom stereocenters. The topological polar surface area (TPSA) is 65.6 Å². The van der Waals surface area contributed by atoms with Crippen LogP contribution in [0.15, 0.2) is 72.9 Å². The van der Waals surface area contributed by atoms with Gasteiger partial charge in [0.05, 0.1) is 7.11 Å². The second-order valence-corrected chi connectivity index (χ2v) is 9.53. The first-order valence-corrected chi connectivity index (χ1v) is 12.5. The van der Waals surface area contributed by atoms with Crippen LogP contribution in [0.5, 0.6) is 5.75 Å². The largest absolute Gasteiger partial charge is 0.507 e. The molecule has 0 bridgehead atoms. The summed E-state index contributed by atoms with van der Waals surface area (Å²) >= 11 is 0. The third kappa shape index (κ3) is 4.93. The Bertz CT molecular complexity index is 1420. The van der Waals surface area contributed by atoms with Crippen molar-refractivity contribution in [2.75, 3.05) is 13.7 Å². The quantitative estimate of drug-likeness (QED) is 0.236. The van der Waals surface area contributed by atoms with Crippen LogP contribution < -0.4 is 0 Å².